The molecule has 1 unspecified atom stereocenters. The summed E-state index contributed by atoms with van der Waals surface area (Å²) in [7, 11) is 2.16. The van der Waals surface area contributed by atoms with Crippen LogP contribution in [-0.2, 0) is 0 Å². The fraction of sp³-hybridized carbons (Fsp3) is 0.500. The zero-order valence-electron chi connectivity index (χ0n) is 13.5. The number of hydrogen-bond acceptors (Lipinski definition) is 3. The third-order valence-corrected chi connectivity index (χ3v) is 4.72. The summed E-state index contributed by atoms with van der Waals surface area (Å²) in [5, 5.41) is 0. The van der Waals surface area contributed by atoms with Crippen LogP contribution in [0.5, 0.6) is 0 Å². The van der Waals surface area contributed by atoms with Gasteiger partial charge in [-0.25, -0.2) is 0 Å². The van der Waals surface area contributed by atoms with Gasteiger partial charge in [-0.2, -0.15) is 0 Å². The van der Waals surface area contributed by atoms with E-state index in [0.29, 0.717) is 0 Å². The number of piperazine rings is 1. The van der Waals surface area contributed by atoms with E-state index in [4.69, 9.17) is 0 Å². The molecular weight excluding hydrogens is 274 g/mol. The molecular formula is C18H25N3O. The van der Waals surface area contributed by atoms with Crippen molar-refractivity contribution in [3.8, 4) is 0 Å². The smallest absolute Gasteiger partial charge is 0.254 e. The van der Waals surface area contributed by atoms with Crippen LogP contribution in [0, 0.1) is 0 Å². The molecule has 0 radical (unpaired) electrons. The molecule has 4 heteroatoms. The zero-order valence-corrected chi connectivity index (χ0v) is 13.5. The van der Waals surface area contributed by atoms with Gasteiger partial charge in [-0.15, -0.1) is 0 Å². The lowest BCUT2D eigenvalue weighted by Crippen LogP contribution is -2.44. The standard InChI is InChI=1S/C18H25N3O/c1-3-16-5-4-10-21(16)18(22)15-6-8-17(9-7-15)20-13-11-19(2)12-14-20/h4-9,16H,3,10-14H2,1-2H3. The molecule has 1 aromatic carbocycles. The third kappa shape index (κ3) is 3.02. The Morgan fingerprint density at radius 1 is 1.14 bits per heavy atom. The van der Waals surface area contributed by atoms with Crippen LogP contribution < -0.4 is 4.90 Å². The number of amides is 1. The molecule has 1 atom stereocenters. The van der Waals surface area contributed by atoms with Crippen molar-refractivity contribution >= 4 is 11.6 Å². The fourth-order valence-corrected chi connectivity index (χ4v) is 3.21. The van der Waals surface area contributed by atoms with Crippen LogP contribution in [0.3, 0.4) is 0 Å². The summed E-state index contributed by atoms with van der Waals surface area (Å²) in [6, 6.07) is 8.37. The van der Waals surface area contributed by atoms with E-state index in [1.54, 1.807) is 0 Å². The molecule has 1 amide bonds. The minimum Gasteiger partial charge on any atom is -0.369 e. The van der Waals surface area contributed by atoms with E-state index < -0.39 is 0 Å². The number of anilines is 1. The van der Waals surface area contributed by atoms with Crippen LogP contribution in [0.1, 0.15) is 23.7 Å². The first-order valence-corrected chi connectivity index (χ1v) is 8.20. The molecule has 22 heavy (non-hydrogen) atoms. The van der Waals surface area contributed by atoms with Crippen molar-refractivity contribution in [3.05, 3.63) is 42.0 Å². The molecule has 2 aliphatic heterocycles. The predicted molar refractivity (Wildman–Crippen MR) is 90.4 cm³/mol. The Labute approximate surface area is 133 Å². The maximum atomic E-state index is 12.6. The van der Waals surface area contributed by atoms with Gasteiger partial charge < -0.3 is 14.7 Å². The van der Waals surface area contributed by atoms with Gasteiger partial charge in [0.15, 0.2) is 0 Å². The first-order valence-electron chi connectivity index (χ1n) is 8.20. The first kappa shape index (κ1) is 15.1. The molecule has 0 N–H and O–H groups in total. The number of benzene rings is 1. The summed E-state index contributed by atoms with van der Waals surface area (Å²) in [5.41, 5.74) is 2.01. The molecule has 2 heterocycles. The van der Waals surface area contributed by atoms with Crippen molar-refractivity contribution in [2.75, 3.05) is 44.7 Å². The summed E-state index contributed by atoms with van der Waals surface area (Å²) in [6.45, 7) is 7.15. The Bertz CT molecular complexity index is 544. The van der Waals surface area contributed by atoms with Crippen LogP contribution in [0.15, 0.2) is 36.4 Å². The van der Waals surface area contributed by atoms with Gasteiger partial charge >= 0.3 is 0 Å². The van der Waals surface area contributed by atoms with E-state index in [1.807, 2.05) is 17.0 Å². The lowest BCUT2D eigenvalue weighted by molar-refractivity contribution is 0.0747. The Morgan fingerprint density at radius 3 is 2.45 bits per heavy atom. The number of carbonyl (C=O) groups excluding carboxylic acids is 1. The summed E-state index contributed by atoms with van der Waals surface area (Å²) < 4.78 is 0. The molecule has 0 aromatic heterocycles. The van der Waals surface area contributed by atoms with E-state index in [2.05, 4.69) is 48.1 Å². The highest BCUT2D eigenvalue weighted by molar-refractivity contribution is 5.95. The number of likely N-dealkylation sites (N-methyl/N-ethyl adjacent to an activating group) is 1. The van der Waals surface area contributed by atoms with Gasteiger partial charge in [-0.3, -0.25) is 4.79 Å². The van der Waals surface area contributed by atoms with Crippen LogP contribution in [0.2, 0.25) is 0 Å². The molecule has 3 rings (SSSR count). The van der Waals surface area contributed by atoms with Crippen molar-refractivity contribution in [1.82, 2.24) is 9.80 Å². The van der Waals surface area contributed by atoms with Crippen LogP contribution >= 0.6 is 0 Å². The SMILES string of the molecule is CCC1C=CCN1C(=O)c1ccc(N2CCN(C)CC2)cc1. The summed E-state index contributed by atoms with van der Waals surface area (Å²) in [5.74, 6) is 0.141. The zero-order chi connectivity index (χ0) is 15.5. The first-order chi connectivity index (χ1) is 10.7. The van der Waals surface area contributed by atoms with Gasteiger partial charge in [-0.05, 0) is 37.7 Å². The minimum absolute atomic E-state index is 0.141. The van der Waals surface area contributed by atoms with E-state index >= 15 is 0 Å². The summed E-state index contributed by atoms with van der Waals surface area (Å²) >= 11 is 0. The van der Waals surface area contributed by atoms with Crippen molar-refractivity contribution < 1.29 is 4.79 Å². The molecule has 4 nitrogen and oxygen atoms in total. The molecule has 118 valence electrons. The molecule has 1 fully saturated rings. The second-order valence-corrected chi connectivity index (χ2v) is 6.20. The van der Waals surface area contributed by atoms with E-state index in [9.17, 15) is 4.79 Å². The van der Waals surface area contributed by atoms with Crippen molar-refractivity contribution in [2.45, 2.75) is 19.4 Å². The highest BCUT2D eigenvalue weighted by Crippen LogP contribution is 2.20. The Hall–Kier alpha value is -1.81. The second-order valence-electron chi connectivity index (χ2n) is 6.20. The molecule has 0 saturated carbocycles. The lowest BCUT2D eigenvalue weighted by atomic mass is 10.1. The minimum atomic E-state index is 0.141. The average Bonchev–Trinajstić information content (AvgIpc) is 3.04. The summed E-state index contributed by atoms with van der Waals surface area (Å²) in [6.07, 6.45) is 5.20. The lowest BCUT2D eigenvalue weighted by Gasteiger charge is -2.34. The third-order valence-electron chi connectivity index (χ3n) is 4.72. The molecule has 0 bridgehead atoms. The topological polar surface area (TPSA) is 26.8 Å². The number of nitrogens with zero attached hydrogens (tertiary/aromatic N) is 3. The van der Waals surface area contributed by atoms with Gasteiger partial charge in [0.2, 0.25) is 0 Å². The van der Waals surface area contributed by atoms with Crippen molar-refractivity contribution in [3.63, 3.8) is 0 Å². The number of hydrogen-bond donors (Lipinski definition) is 0. The van der Waals surface area contributed by atoms with Gasteiger partial charge in [0.05, 0.1) is 6.04 Å². The normalized spacial score (nSPS) is 22.4. The highest BCUT2D eigenvalue weighted by Gasteiger charge is 2.24. The Balaban J connectivity index is 1.67. The van der Waals surface area contributed by atoms with Crippen LogP contribution in [0.25, 0.3) is 0 Å². The Morgan fingerprint density at radius 2 is 1.82 bits per heavy atom. The largest absolute Gasteiger partial charge is 0.369 e. The van der Waals surface area contributed by atoms with E-state index in [0.717, 1.165) is 44.7 Å². The van der Waals surface area contributed by atoms with Crippen molar-refractivity contribution in [1.29, 1.82) is 0 Å². The quantitative estimate of drug-likeness (QED) is 0.801. The maximum Gasteiger partial charge on any atom is 0.254 e. The molecule has 1 saturated heterocycles. The fourth-order valence-electron chi connectivity index (χ4n) is 3.21. The predicted octanol–water partition coefficient (Wildman–Crippen LogP) is 2.23. The molecule has 0 spiro atoms. The summed E-state index contributed by atoms with van der Waals surface area (Å²) in [4.78, 5) is 19.3. The molecule has 0 aliphatic carbocycles. The van der Waals surface area contributed by atoms with Crippen molar-refractivity contribution in [2.24, 2.45) is 0 Å². The van der Waals surface area contributed by atoms with Gasteiger partial charge in [0.25, 0.3) is 5.91 Å². The Kier molecular flexibility index (Phi) is 4.48. The second kappa shape index (κ2) is 6.53. The van der Waals surface area contributed by atoms with E-state index in [-0.39, 0.29) is 11.9 Å². The van der Waals surface area contributed by atoms with Gasteiger partial charge in [0.1, 0.15) is 0 Å². The van der Waals surface area contributed by atoms with Crippen LogP contribution in [0.4, 0.5) is 5.69 Å². The van der Waals surface area contributed by atoms with Gasteiger partial charge in [-0.1, -0.05) is 19.1 Å². The van der Waals surface area contributed by atoms with E-state index in [1.165, 1.54) is 5.69 Å². The number of rotatable bonds is 3. The highest BCUT2D eigenvalue weighted by atomic mass is 16.2. The van der Waals surface area contributed by atoms with Gasteiger partial charge in [0, 0.05) is 44.0 Å². The van der Waals surface area contributed by atoms with Crippen LogP contribution in [-0.4, -0.2) is 61.5 Å². The molecule has 2 aliphatic rings. The average molecular weight is 299 g/mol. The number of carbonyl (C=O) groups is 1. The maximum absolute atomic E-state index is 12.6. The molecule has 1 aromatic rings. The monoisotopic (exact) mass is 299 g/mol.